The lowest BCUT2D eigenvalue weighted by Crippen LogP contribution is -2.27. The number of nitrogens with zero attached hydrogens (tertiary/aromatic N) is 2. The third-order valence-corrected chi connectivity index (χ3v) is 5.87. The van der Waals surface area contributed by atoms with Crippen LogP contribution in [0.3, 0.4) is 0 Å². The van der Waals surface area contributed by atoms with Crippen LogP contribution in [0.4, 0.5) is 5.69 Å². The molecule has 8 heteroatoms. The maximum atomic E-state index is 12.6. The van der Waals surface area contributed by atoms with Gasteiger partial charge in [0, 0.05) is 19.3 Å². The number of rotatable bonds is 11. The van der Waals surface area contributed by atoms with E-state index >= 15 is 0 Å². The normalized spacial score (nSPS) is 11.0. The Morgan fingerprint density at radius 2 is 1.77 bits per heavy atom. The van der Waals surface area contributed by atoms with E-state index in [9.17, 15) is 23.6 Å². The van der Waals surface area contributed by atoms with Gasteiger partial charge in [-0.1, -0.05) is 32.8 Å². The van der Waals surface area contributed by atoms with Gasteiger partial charge in [-0.2, -0.15) is 5.26 Å². The molecule has 0 unspecified atom stereocenters. The summed E-state index contributed by atoms with van der Waals surface area (Å²) >= 11 is 0. The van der Waals surface area contributed by atoms with Crippen molar-refractivity contribution in [1.82, 2.24) is 0 Å². The van der Waals surface area contributed by atoms with E-state index in [2.05, 4.69) is 13.8 Å². The number of sulfone groups is 1. The Morgan fingerprint density at radius 1 is 1.13 bits per heavy atom. The van der Waals surface area contributed by atoms with Crippen LogP contribution in [0, 0.1) is 11.3 Å². The highest BCUT2D eigenvalue weighted by molar-refractivity contribution is 7.90. The molecular weight excluding hydrogens is 416 g/mol. The van der Waals surface area contributed by atoms with Gasteiger partial charge in [0.1, 0.15) is 10.6 Å². The van der Waals surface area contributed by atoms with Crippen molar-refractivity contribution in [2.75, 3.05) is 24.2 Å². The van der Waals surface area contributed by atoms with Crippen molar-refractivity contribution in [2.45, 2.75) is 44.4 Å². The van der Waals surface area contributed by atoms with E-state index in [1.54, 1.807) is 18.2 Å². The molecule has 7 nitrogen and oxygen atoms in total. The summed E-state index contributed by atoms with van der Waals surface area (Å²) in [7, 11) is -3.80. The zero-order valence-electron chi connectivity index (χ0n) is 18.1. The van der Waals surface area contributed by atoms with E-state index in [-0.39, 0.29) is 16.2 Å². The summed E-state index contributed by atoms with van der Waals surface area (Å²) in [5, 5.41) is 18.8. The van der Waals surface area contributed by atoms with Crippen molar-refractivity contribution in [1.29, 1.82) is 5.26 Å². The predicted octanol–water partition coefficient (Wildman–Crippen LogP) is 4.86. The molecule has 0 saturated carbocycles. The minimum Gasteiger partial charge on any atom is -0.478 e. The van der Waals surface area contributed by atoms with Gasteiger partial charge in [0.2, 0.25) is 0 Å². The summed E-state index contributed by atoms with van der Waals surface area (Å²) in [6.07, 6.45) is 4.61. The summed E-state index contributed by atoms with van der Waals surface area (Å²) in [6, 6.07) is 11.0. The molecule has 166 valence electrons. The molecule has 0 radical (unpaired) electrons. The average molecular weight is 445 g/mol. The van der Waals surface area contributed by atoms with Gasteiger partial charge < -0.3 is 14.7 Å². The van der Waals surface area contributed by atoms with Crippen LogP contribution in [0.2, 0.25) is 0 Å². The van der Waals surface area contributed by atoms with Gasteiger partial charge in [-0.25, -0.2) is 13.2 Å². The molecule has 2 aromatic rings. The summed E-state index contributed by atoms with van der Waals surface area (Å²) in [5.41, 5.74) is 0.673. The molecule has 2 aromatic carbocycles. The molecule has 0 aliphatic heterocycles. The van der Waals surface area contributed by atoms with Gasteiger partial charge in [-0.3, -0.25) is 0 Å². The second-order valence-corrected chi connectivity index (χ2v) is 9.32. The number of hydrogen-bond donors (Lipinski definition) is 1. The number of nitriles is 1. The average Bonchev–Trinajstić information content (AvgIpc) is 2.73. The minimum atomic E-state index is -3.80. The van der Waals surface area contributed by atoms with E-state index in [1.165, 1.54) is 12.1 Å². The lowest BCUT2D eigenvalue weighted by Gasteiger charge is -2.28. The van der Waals surface area contributed by atoms with Crippen LogP contribution in [0.1, 0.15) is 55.5 Å². The van der Waals surface area contributed by atoms with Crippen LogP contribution in [0.25, 0.3) is 0 Å². The summed E-state index contributed by atoms with van der Waals surface area (Å²) < 4.78 is 31.2. The molecule has 0 atom stereocenters. The molecule has 0 saturated heterocycles. The number of carboxylic acids is 1. The first-order valence-corrected chi connectivity index (χ1v) is 12.1. The van der Waals surface area contributed by atoms with Crippen molar-refractivity contribution in [3.8, 4) is 17.6 Å². The number of unbranched alkanes of at least 4 members (excludes halogenated alkanes) is 2. The fraction of sp³-hybridized carbons (Fsp3) is 0.391. The lowest BCUT2D eigenvalue weighted by atomic mass is 10.1. The molecule has 31 heavy (non-hydrogen) atoms. The van der Waals surface area contributed by atoms with Crippen LogP contribution < -0.4 is 9.64 Å². The van der Waals surface area contributed by atoms with Crippen molar-refractivity contribution < 1.29 is 23.1 Å². The summed E-state index contributed by atoms with van der Waals surface area (Å²) in [5.74, 6) is -0.830. The maximum absolute atomic E-state index is 12.6. The standard InChI is InChI=1S/C23H28N2O5S/c1-4-6-11-25(12-7-5-2)20-14-18(23(26)27)15-21(31(3,28)29)22(20)30-19-10-8-9-17(13-19)16-24/h8-10,13-15H,4-7,11-12H2,1-3H3,(H,26,27). The Hall–Kier alpha value is -3.05. The van der Waals surface area contributed by atoms with E-state index < -0.39 is 15.8 Å². The fourth-order valence-corrected chi connectivity index (χ4v) is 3.95. The molecule has 0 fully saturated rings. The Morgan fingerprint density at radius 3 is 2.29 bits per heavy atom. The quantitative estimate of drug-likeness (QED) is 0.527. The third kappa shape index (κ3) is 6.46. The second-order valence-electron chi connectivity index (χ2n) is 7.34. The first-order valence-electron chi connectivity index (χ1n) is 10.3. The van der Waals surface area contributed by atoms with Crippen molar-refractivity contribution >= 4 is 21.5 Å². The molecule has 0 aromatic heterocycles. The highest BCUT2D eigenvalue weighted by Crippen LogP contribution is 2.40. The van der Waals surface area contributed by atoms with Crippen molar-refractivity contribution in [3.05, 3.63) is 47.5 Å². The zero-order chi connectivity index (χ0) is 23.0. The highest BCUT2D eigenvalue weighted by Gasteiger charge is 2.25. The number of ether oxygens (including phenoxy) is 1. The zero-order valence-corrected chi connectivity index (χ0v) is 18.9. The molecule has 1 N–H and O–H groups in total. The van der Waals surface area contributed by atoms with Crippen LogP contribution in [0.5, 0.6) is 11.5 Å². The number of hydrogen-bond acceptors (Lipinski definition) is 6. The highest BCUT2D eigenvalue weighted by atomic mass is 32.2. The van der Waals surface area contributed by atoms with Gasteiger partial charge in [-0.05, 0) is 43.2 Å². The van der Waals surface area contributed by atoms with Gasteiger partial charge >= 0.3 is 5.97 Å². The van der Waals surface area contributed by atoms with E-state index in [1.807, 2.05) is 11.0 Å². The fourth-order valence-electron chi connectivity index (χ4n) is 3.12. The molecular formula is C23H28N2O5S. The Labute approximate surface area is 183 Å². The van der Waals surface area contributed by atoms with Crippen LogP contribution in [0.15, 0.2) is 41.3 Å². The topological polar surface area (TPSA) is 108 Å². The first-order chi connectivity index (χ1) is 14.7. The predicted molar refractivity (Wildman–Crippen MR) is 120 cm³/mol. The second kappa shape index (κ2) is 10.8. The first kappa shape index (κ1) is 24.2. The number of aromatic carboxylic acids is 1. The van der Waals surface area contributed by atoms with E-state index in [4.69, 9.17) is 4.74 Å². The van der Waals surface area contributed by atoms with Crippen LogP contribution >= 0.6 is 0 Å². The van der Waals surface area contributed by atoms with Crippen molar-refractivity contribution in [3.63, 3.8) is 0 Å². The lowest BCUT2D eigenvalue weighted by molar-refractivity contribution is 0.0696. The molecule has 2 rings (SSSR count). The summed E-state index contributed by atoms with van der Waals surface area (Å²) in [6.45, 7) is 5.38. The van der Waals surface area contributed by atoms with Gasteiger partial charge in [-0.15, -0.1) is 0 Å². The number of carbonyl (C=O) groups is 1. The maximum Gasteiger partial charge on any atom is 0.335 e. The number of carboxylic acid groups (broad SMARTS) is 1. The van der Waals surface area contributed by atoms with Crippen molar-refractivity contribution in [2.24, 2.45) is 0 Å². The molecule has 0 aliphatic rings. The molecule has 0 bridgehead atoms. The monoisotopic (exact) mass is 444 g/mol. The molecule has 0 amide bonds. The Balaban J connectivity index is 2.75. The number of anilines is 1. The smallest absolute Gasteiger partial charge is 0.335 e. The van der Waals surface area contributed by atoms with Crippen LogP contribution in [-0.4, -0.2) is 38.8 Å². The number of benzene rings is 2. The Bertz CT molecular complexity index is 1070. The van der Waals surface area contributed by atoms with Gasteiger partial charge in [0.15, 0.2) is 15.6 Å². The molecule has 0 spiro atoms. The van der Waals surface area contributed by atoms with Gasteiger partial charge in [0.25, 0.3) is 0 Å². The Kier molecular flexibility index (Phi) is 8.46. The molecule has 0 heterocycles. The third-order valence-electron chi connectivity index (χ3n) is 4.77. The van der Waals surface area contributed by atoms with E-state index in [0.717, 1.165) is 38.0 Å². The minimum absolute atomic E-state index is 0.0785. The largest absolute Gasteiger partial charge is 0.478 e. The van der Waals surface area contributed by atoms with Crippen LogP contribution in [-0.2, 0) is 9.84 Å². The molecule has 0 aliphatic carbocycles. The SMILES string of the molecule is CCCCN(CCCC)c1cc(C(=O)O)cc(S(C)(=O)=O)c1Oc1cccc(C#N)c1. The summed E-state index contributed by atoms with van der Waals surface area (Å²) in [4.78, 5) is 13.5. The van der Waals surface area contributed by atoms with Gasteiger partial charge in [0.05, 0.1) is 22.9 Å². The van der Waals surface area contributed by atoms with E-state index in [0.29, 0.717) is 30.1 Å².